The van der Waals surface area contributed by atoms with E-state index in [0.29, 0.717) is 18.1 Å². The highest BCUT2D eigenvalue weighted by Crippen LogP contribution is 2.22. The Bertz CT molecular complexity index is 355. The maximum atomic E-state index is 9.67. The minimum absolute atomic E-state index is 0.253. The van der Waals surface area contributed by atoms with Crippen LogP contribution >= 0.6 is 11.6 Å². The summed E-state index contributed by atoms with van der Waals surface area (Å²) in [6.45, 7) is 5.18. The van der Waals surface area contributed by atoms with Crippen molar-refractivity contribution in [2.45, 2.75) is 26.5 Å². The van der Waals surface area contributed by atoms with Crippen LogP contribution in [0.1, 0.15) is 19.4 Å². The van der Waals surface area contributed by atoms with Gasteiger partial charge in [0.25, 0.3) is 0 Å². The Labute approximate surface area is 108 Å². The van der Waals surface area contributed by atoms with Crippen molar-refractivity contribution in [3.63, 3.8) is 0 Å². The van der Waals surface area contributed by atoms with Gasteiger partial charge < -0.3 is 15.2 Å². The number of hydrogen-bond acceptors (Lipinski definition) is 3. The lowest BCUT2D eigenvalue weighted by Gasteiger charge is -2.16. The predicted molar refractivity (Wildman–Crippen MR) is 70.6 cm³/mol. The minimum atomic E-state index is -0.333. The van der Waals surface area contributed by atoms with Gasteiger partial charge in [0.05, 0.1) is 13.2 Å². The third-order valence-electron chi connectivity index (χ3n) is 2.68. The molecule has 0 saturated carbocycles. The second kappa shape index (κ2) is 6.84. The average Bonchev–Trinajstić information content (AvgIpc) is 2.29. The monoisotopic (exact) mass is 257 g/mol. The van der Waals surface area contributed by atoms with Crippen LogP contribution in [0.5, 0.6) is 5.75 Å². The number of ether oxygens (including phenoxy) is 1. The summed E-state index contributed by atoms with van der Waals surface area (Å²) >= 11 is 5.93. The van der Waals surface area contributed by atoms with E-state index in [1.54, 1.807) is 13.2 Å². The van der Waals surface area contributed by atoms with Crippen LogP contribution in [0.2, 0.25) is 5.02 Å². The first-order chi connectivity index (χ1) is 8.04. The molecule has 1 unspecified atom stereocenters. The highest BCUT2D eigenvalue weighted by Gasteiger charge is 2.09. The number of rotatable bonds is 6. The zero-order valence-corrected chi connectivity index (χ0v) is 11.3. The molecule has 1 rings (SSSR count). The average molecular weight is 258 g/mol. The van der Waals surface area contributed by atoms with Gasteiger partial charge in [-0.1, -0.05) is 25.4 Å². The van der Waals surface area contributed by atoms with Crippen LogP contribution in [0.15, 0.2) is 18.2 Å². The molecule has 0 fully saturated rings. The Morgan fingerprint density at radius 3 is 2.71 bits per heavy atom. The molecule has 0 amide bonds. The Balaban J connectivity index is 2.53. The molecular formula is C13H20ClNO2. The summed E-state index contributed by atoms with van der Waals surface area (Å²) in [7, 11) is 1.63. The molecule has 0 aromatic heterocycles. The Hall–Kier alpha value is -0.770. The number of aliphatic hydroxyl groups is 1. The molecule has 3 nitrogen and oxygen atoms in total. The van der Waals surface area contributed by atoms with Crippen LogP contribution in [0.25, 0.3) is 0 Å². The first kappa shape index (κ1) is 14.3. The Kier molecular flexibility index (Phi) is 5.75. The van der Waals surface area contributed by atoms with Gasteiger partial charge in [-0.2, -0.15) is 0 Å². The van der Waals surface area contributed by atoms with E-state index in [4.69, 9.17) is 16.3 Å². The molecule has 0 aliphatic heterocycles. The normalized spacial score (nSPS) is 12.8. The van der Waals surface area contributed by atoms with Gasteiger partial charge in [0, 0.05) is 23.7 Å². The molecule has 1 atom stereocenters. The summed E-state index contributed by atoms with van der Waals surface area (Å²) in [5.41, 5.74) is 0.996. The molecule has 0 heterocycles. The summed E-state index contributed by atoms with van der Waals surface area (Å²) in [6, 6.07) is 5.51. The number of aliphatic hydroxyl groups excluding tert-OH is 1. The minimum Gasteiger partial charge on any atom is -0.496 e. The van der Waals surface area contributed by atoms with Crippen molar-refractivity contribution in [2.24, 2.45) is 5.92 Å². The molecule has 0 saturated heterocycles. The molecule has 96 valence electrons. The summed E-state index contributed by atoms with van der Waals surface area (Å²) in [6.07, 6.45) is -0.333. The van der Waals surface area contributed by atoms with E-state index in [2.05, 4.69) is 5.32 Å². The van der Waals surface area contributed by atoms with Crippen LogP contribution in [-0.4, -0.2) is 24.9 Å². The summed E-state index contributed by atoms with van der Waals surface area (Å²) < 4.78 is 5.24. The SMILES string of the molecule is COc1ccc(Cl)cc1CNCC(O)C(C)C. The molecule has 0 bridgehead atoms. The van der Waals surface area contributed by atoms with Crippen molar-refractivity contribution in [2.75, 3.05) is 13.7 Å². The van der Waals surface area contributed by atoms with E-state index in [1.807, 2.05) is 26.0 Å². The van der Waals surface area contributed by atoms with Crippen molar-refractivity contribution in [1.82, 2.24) is 5.32 Å². The first-order valence-electron chi connectivity index (χ1n) is 5.75. The molecule has 0 radical (unpaired) electrons. The van der Waals surface area contributed by atoms with Gasteiger partial charge in [0.2, 0.25) is 0 Å². The third kappa shape index (κ3) is 4.54. The molecule has 1 aromatic carbocycles. The van der Waals surface area contributed by atoms with Crippen molar-refractivity contribution >= 4 is 11.6 Å². The van der Waals surface area contributed by atoms with E-state index in [-0.39, 0.29) is 12.0 Å². The molecule has 4 heteroatoms. The van der Waals surface area contributed by atoms with E-state index >= 15 is 0 Å². The third-order valence-corrected chi connectivity index (χ3v) is 2.92. The van der Waals surface area contributed by atoms with Gasteiger partial charge in [-0.25, -0.2) is 0 Å². The zero-order valence-electron chi connectivity index (χ0n) is 10.5. The fourth-order valence-electron chi connectivity index (χ4n) is 1.48. The fourth-order valence-corrected chi connectivity index (χ4v) is 1.67. The van der Waals surface area contributed by atoms with Gasteiger partial charge in [0.15, 0.2) is 0 Å². The van der Waals surface area contributed by atoms with Crippen LogP contribution in [0.3, 0.4) is 0 Å². The lowest BCUT2D eigenvalue weighted by Crippen LogP contribution is -2.30. The smallest absolute Gasteiger partial charge is 0.123 e. The Morgan fingerprint density at radius 2 is 2.12 bits per heavy atom. The topological polar surface area (TPSA) is 41.5 Å². The predicted octanol–water partition coefficient (Wildman–Crippen LogP) is 2.46. The molecule has 0 aliphatic carbocycles. The largest absolute Gasteiger partial charge is 0.496 e. The highest BCUT2D eigenvalue weighted by molar-refractivity contribution is 6.30. The van der Waals surface area contributed by atoms with Gasteiger partial charge in [-0.3, -0.25) is 0 Å². The summed E-state index contributed by atoms with van der Waals surface area (Å²) in [5, 5.41) is 13.5. The van der Waals surface area contributed by atoms with Crippen molar-refractivity contribution in [3.05, 3.63) is 28.8 Å². The maximum Gasteiger partial charge on any atom is 0.123 e. The molecule has 2 N–H and O–H groups in total. The van der Waals surface area contributed by atoms with Crippen LogP contribution < -0.4 is 10.1 Å². The number of hydrogen-bond donors (Lipinski definition) is 2. The van der Waals surface area contributed by atoms with Crippen molar-refractivity contribution in [3.8, 4) is 5.75 Å². The summed E-state index contributed by atoms with van der Waals surface area (Å²) in [5.74, 6) is 1.06. The number of nitrogens with one attached hydrogen (secondary N) is 1. The van der Waals surface area contributed by atoms with Crippen molar-refractivity contribution in [1.29, 1.82) is 0 Å². The lowest BCUT2D eigenvalue weighted by atomic mass is 10.1. The zero-order chi connectivity index (χ0) is 12.8. The molecule has 17 heavy (non-hydrogen) atoms. The molecule has 1 aromatic rings. The van der Waals surface area contributed by atoms with Gasteiger partial charge in [-0.05, 0) is 24.1 Å². The van der Waals surface area contributed by atoms with E-state index < -0.39 is 0 Å². The van der Waals surface area contributed by atoms with Gasteiger partial charge >= 0.3 is 0 Å². The molecular weight excluding hydrogens is 238 g/mol. The molecule has 0 spiro atoms. The van der Waals surface area contributed by atoms with Gasteiger partial charge in [-0.15, -0.1) is 0 Å². The quantitative estimate of drug-likeness (QED) is 0.823. The first-order valence-corrected chi connectivity index (χ1v) is 6.13. The standard InChI is InChI=1S/C13H20ClNO2/c1-9(2)12(16)8-15-7-10-6-11(14)4-5-13(10)17-3/h4-6,9,12,15-16H,7-8H2,1-3H3. The number of methoxy groups -OCH3 is 1. The van der Waals surface area contributed by atoms with Crippen LogP contribution in [-0.2, 0) is 6.54 Å². The van der Waals surface area contributed by atoms with E-state index in [0.717, 1.165) is 11.3 Å². The van der Waals surface area contributed by atoms with Crippen LogP contribution in [0, 0.1) is 5.92 Å². The maximum absolute atomic E-state index is 9.67. The van der Waals surface area contributed by atoms with Crippen molar-refractivity contribution < 1.29 is 9.84 Å². The van der Waals surface area contributed by atoms with E-state index in [1.165, 1.54) is 0 Å². The number of benzene rings is 1. The Morgan fingerprint density at radius 1 is 1.41 bits per heavy atom. The van der Waals surface area contributed by atoms with E-state index in [9.17, 15) is 5.11 Å². The lowest BCUT2D eigenvalue weighted by molar-refractivity contribution is 0.123. The van der Waals surface area contributed by atoms with Crippen LogP contribution in [0.4, 0.5) is 0 Å². The highest BCUT2D eigenvalue weighted by atomic mass is 35.5. The summed E-state index contributed by atoms with van der Waals surface area (Å²) in [4.78, 5) is 0. The molecule has 0 aliphatic rings. The number of halogens is 1. The second-order valence-electron chi connectivity index (χ2n) is 4.40. The second-order valence-corrected chi connectivity index (χ2v) is 4.83. The fraction of sp³-hybridized carbons (Fsp3) is 0.538. The van der Waals surface area contributed by atoms with Gasteiger partial charge in [0.1, 0.15) is 5.75 Å².